The largest absolute Gasteiger partial charge is 0.466 e. The van der Waals surface area contributed by atoms with Crippen molar-refractivity contribution in [3.8, 4) is 0 Å². The maximum Gasteiger partial charge on any atom is 0.311 e. The Morgan fingerprint density at radius 1 is 1.28 bits per heavy atom. The molecular formula is C18H28N2O4S. The average Bonchev–Trinajstić information content (AvgIpc) is 2.77. The Morgan fingerprint density at radius 2 is 1.92 bits per heavy atom. The molecule has 1 amide bonds. The Morgan fingerprint density at radius 3 is 2.44 bits per heavy atom. The molecule has 0 radical (unpaired) electrons. The summed E-state index contributed by atoms with van der Waals surface area (Å²) in [7, 11) is 1.62. The monoisotopic (exact) mass is 368 g/mol. The standard InChI is InChI=1S/C18H28N2O4S/c1-7-24-13(21)10-12-11-25-16(20(12)8-9-23-6)19-15(22)14-17(2,3)18(14,4)5/h11,14H,7-10H2,1-6H3. The molecule has 25 heavy (non-hydrogen) atoms. The summed E-state index contributed by atoms with van der Waals surface area (Å²) in [5.41, 5.74) is 0.702. The molecule has 1 aromatic heterocycles. The lowest BCUT2D eigenvalue weighted by molar-refractivity contribution is -0.142. The van der Waals surface area contributed by atoms with Gasteiger partial charge in [-0.25, -0.2) is 0 Å². The molecule has 1 heterocycles. The highest BCUT2D eigenvalue weighted by molar-refractivity contribution is 7.07. The molecule has 0 unspecified atom stereocenters. The van der Waals surface area contributed by atoms with Gasteiger partial charge in [-0.3, -0.25) is 9.59 Å². The fourth-order valence-electron chi connectivity index (χ4n) is 3.35. The fourth-order valence-corrected chi connectivity index (χ4v) is 4.28. The molecule has 0 bridgehead atoms. The zero-order chi connectivity index (χ0) is 18.8. The van der Waals surface area contributed by atoms with Crippen molar-refractivity contribution in [3.63, 3.8) is 0 Å². The quantitative estimate of drug-likeness (QED) is 0.693. The number of aromatic nitrogens is 1. The summed E-state index contributed by atoms with van der Waals surface area (Å²) < 4.78 is 12.1. The molecule has 1 aliphatic rings. The van der Waals surface area contributed by atoms with Gasteiger partial charge in [-0.2, -0.15) is 4.99 Å². The van der Waals surface area contributed by atoms with Gasteiger partial charge in [0.15, 0.2) is 4.80 Å². The van der Waals surface area contributed by atoms with Gasteiger partial charge in [0.25, 0.3) is 5.91 Å². The summed E-state index contributed by atoms with van der Waals surface area (Å²) in [6, 6.07) is 0. The first-order chi connectivity index (χ1) is 11.7. The summed E-state index contributed by atoms with van der Waals surface area (Å²) in [6.07, 6.45) is 0.165. The number of carbonyl (C=O) groups excluding carboxylic acids is 2. The lowest BCUT2D eigenvalue weighted by Gasteiger charge is -2.08. The van der Waals surface area contributed by atoms with E-state index in [-0.39, 0.29) is 35.0 Å². The van der Waals surface area contributed by atoms with E-state index in [1.165, 1.54) is 11.3 Å². The van der Waals surface area contributed by atoms with E-state index in [1.807, 2.05) is 9.95 Å². The van der Waals surface area contributed by atoms with Crippen LogP contribution in [0.1, 0.15) is 40.3 Å². The van der Waals surface area contributed by atoms with Crippen LogP contribution in [0.3, 0.4) is 0 Å². The van der Waals surface area contributed by atoms with Crippen molar-refractivity contribution in [2.24, 2.45) is 21.7 Å². The highest BCUT2D eigenvalue weighted by Gasteiger charge is 2.68. The van der Waals surface area contributed by atoms with Crippen LogP contribution in [0.25, 0.3) is 0 Å². The lowest BCUT2D eigenvalue weighted by Crippen LogP contribution is -2.24. The highest BCUT2D eigenvalue weighted by Crippen LogP contribution is 2.68. The number of nitrogens with zero attached hydrogens (tertiary/aromatic N) is 2. The van der Waals surface area contributed by atoms with Crippen LogP contribution in [-0.4, -0.2) is 36.8 Å². The fraction of sp³-hybridized carbons (Fsp3) is 0.722. The zero-order valence-electron chi connectivity index (χ0n) is 15.9. The molecule has 1 aliphatic carbocycles. The van der Waals surface area contributed by atoms with Crippen molar-refractivity contribution in [1.29, 1.82) is 0 Å². The minimum atomic E-state index is -0.284. The molecule has 0 aromatic carbocycles. The van der Waals surface area contributed by atoms with Gasteiger partial charge in [0, 0.05) is 24.7 Å². The third kappa shape index (κ3) is 3.87. The van der Waals surface area contributed by atoms with Gasteiger partial charge in [-0.15, -0.1) is 11.3 Å². The lowest BCUT2D eigenvalue weighted by atomic mass is 10.0. The third-order valence-corrected chi connectivity index (χ3v) is 6.41. The molecule has 1 aromatic rings. The van der Waals surface area contributed by atoms with Crippen molar-refractivity contribution in [2.75, 3.05) is 20.3 Å². The van der Waals surface area contributed by atoms with Crippen LogP contribution in [0, 0.1) is 16.7 Å². The second-order valence-corrected chi connectivity index (χ2v) is 8.30. The van der Waals surface area contributed by atoms with Crippen molar-refractivity contribution in [2.45, 2.75) is 47.6 Å². The summed E-state index contributed by atoms with van der Waals surface area (Å²) >= 11 is 1.37. The number of rotatable bonds is 7. The summed E-state index contributed by atoms with van der Waals surface area (Å²) in [5.74, 6) is -0.453. The molecular weight excluding hydrogens is 340 g/mol. The van der Waals surface area contributed by atoms with E-state index in [2.05, 4.69) is 32.7 Å². The molecule has 140 valence electrons. The smallest absolute Gasteiger partial charge is 0.311 e. The van der Waals surface area contributed by atoms with Crippen LogP contribution in [0.4, 0.5) is 0 Å². The first kappa shape index (κ1) is 19.8. The number of ether oxygens (including phenoxy) is 2. The van der Waals surface area contributed by atoms with E-state index in [9.17, 15) is 9.59 Å². The van der Waals surface area contributed by atoms with Gasteiger partial charge in [0.2, 0.25) is 0 Å². The van der Waals surface area contributed by atoms with Crippen LogP contribution < -0.4 is 4.80 Å². The highest BCUT2D eigenvalue weighted by atomic mass is 32.1. The van der Waals surface area contributed by atoms with E-state index < -0.39 is 0 Å². The van der Waals surface area contributed by atoms with Crippen molar-refractivity contribution in [3.05, 3.63) is 15.9 Å². The van der Waals surface area contributed by atoms with E-state index in [0.717, 1.165) is 5.69 Å². The molecule has 0 saturated heterocycles. The van der Waals surface area contributed by atoms with E-state index in [0.29, 0.717) is 24.6 Å². The Hall–Kier alpha value is -1.47. The minimum absolute atomic E-state index is 0.0457. The van der Waals surface area contributed by atoms with Crippen LogP contribution in [0.5, 0.6) is 0 Å². The van der Waals surface area contributed by atoms with E-state index in [4.69, 9.17) is 9.47 Å². The second-order valence-electron chi connectivity index (χ2n) is 7.46. The molecule has 0 aliphatic heterocycles. The number of methoxy groups -OCH3 is 1. The molecule has 6 nitrogen and oxygen atoms in total. The first-order valence-electron chi connectivity index (χ1n) is 8.57. The number of thiazole rings is 1. The molecule has 0 N–H and O–H groups in total. The van der Waals surface area contributed by atoms with Gasteiger partial charge in [-0.05, 0) is 17.8 Å². The van der Waals surface area contributed by atoms with Crippen LogP contribution in [0.15, 0.2) is 10.4 Å². The number of hydrogen-bond donors (Lipinski definition) is 0. The summed E-state index contributed by atoms with van der Waals surface area (Å²) in [6.45, 7) is 11.6. The Bertz CT molecular complexity index is 701. The maximum absolute atomic E-state index is 12.7. The normalized spacial score (nSPS) is 19.0. The van der Waals surface area contributed by atoms with Crippen molar-refractivity contribution >= 4 is 23.2 Å². The Labute approximate surface area is 152 Å². The van der Waals surface area contributed by atoms with Crippen molar-refractivity contribution < 1.29 is 19.1 Å². The summed E-state index contributed by atoms with van der Waals surface area (Å²) in [5, 5.41) is 1.86. The molecule has 1 saturated carbocycles. The Balaban J connectivity index is 2.29. The van der Waals surface area contributed by atoms with Crippen LogP contribution >= 0.6 is 11.3 Å². The molecule has 7 heteroatoms. The molecule has 0 spiro atoms. The maximum atomic E-state index is 12.7. The van der Waals surface area contributed by atoms with Gasteiger partial charge in [-0.1, -0.05) is 27.7 Å². The van der Waals surface area contributed by atoms with Gasteiger partial charge >= 0.3 is 5.97 Å². The van der Waals surface area contributed by atoms with E-state index >= 15 is 0 Å². The van der Waals surface area contributed by atoms with Gasteiger partial charge < -0.3 is 14.0 Å². The first-order valence-corrected chi connectivity index (χ1v) is 9.45. The molecule has 0 atom stereocenters. The van der Waals surface area contributed by atoms with Crippen molar-refractivity contribution in [1.82, 2.24) is 4.57 Å². The van der Waals surface area contributed by atoms with Gasteiger partial charge in [0.05, 0.1) is 25.6 Å². The molecule has 1 fully saturated rings. The molecule has 2 rings (SSSR count). The van der Waals surface area contributed by atoms with E-state index in [1.54, 1.807) is 14.0 Å². The number of esters is 1. The SMILES string of the molecule is CCOC(=O)Cc1csc(=NC(=O)C2C(C)(C)C2(C)C)n1CCOC. The van der Waals surface area contributed by atoms with Crippen LogP contribution in [0.2, 0.25) is 0 Å². The van der Waals surface area contributed by atoms with Crippen LogP contribution in [-0.2, 0) is 32.0 Å². The average molecular weight is 368 g/mol. The number of amides is 1. The third-order valence-electron chi connectivity index (χ3n) is 5.50. The zero-order valence-corrected chi connectivity index (χ0v) is 16.7. The predicted octanol–water partition coefficient (Wildman–Crippen LogP) is 2.41. The minimum Gasteiger partial charge on any atom is -0.466 e. The second kappa shape index (κ2) is 7.41. The topological polar surface area (TPSA) is 69.9 Å². The van der Waals surface area contributed by atoms with Gasteiger partial charge in [0.1, 0.15) is 0 Å². The predicted molar refractivity (Wildman–Crippen MR) is 96.1 cm³/mol. The number of carbonyl (C=O) groups is 2. The summed E-state index contributed by atoms with van der Waals surface area (Å²) in [4.78, 5) is 29.5. The number of hydrogen-bond acceptors (Lipinski definition) is 5. The Kier molecular flexibility index (Phi) is 5.89.